The lowest BCUT2D eigenvalue weighted by molar-refractivity contribution is 0.278. The first-order chi connectivity index (χ1) is 6.76. The number of hydrogen-bond acceptors (Lipinski definition) is 5. The van der Waals surface area contributed by atoms with Gasteiger partial charge in [0.05, 0.1) is 0 Å². The van der Waals surface area contributed by atoms with E-state index in [-0.39, 0.29) is 12.6 Å². The number of nitrogens with two attached hydrogens (primary N) is 1. The number of nitrogens with zero attached hydrogens (tertiary/aromatic N) is 2. The molecule has 0 fully saturated rings. The largest absolute Gasteiger partial charge is 0.396 e. The van der Waals surface area contributed by atoms with E-state index < -0.39 is 0 Å². The molecular weight excluding hydrogens is 180 g/mol. The zero-order valence-corrected chi connectivity index (χ0v) is 8.27. The highest BCUT2D eigenvalue weighted by Crippen LogP contribution is 2.08. The quantitative estimate of drug-likeness (QED) is 0.643. The first-order valence-electron chi connectivity index (χ1n) is 4.73. The average molecular weight is 196 g/mol. The monoisotopic (exact) mass is 196 g/mol. The number of anilines is 2. The Balaban J connectivity index is 2.53. The molecule has 0 aliphatic heterocycles. The van der Waals surface area contributed by atoms with Gasteiger partial charge in [-0.05, 0) is 25.0 Å². The Bertz CT molecular complexity index is 262. The summed E-state index contributed by atoms with van der Waals surface area (Å²) in [4.78, 5) is 0. The second-order valence-electron chi connectivity index (χ2n) is 3.11. The first kappa shape index (κ1) is 10.7. The molecule has 0 saturated carbocycles. The summed E-state index contributed by atoms with van der Waals surface area (Å²) in [5.41, 5.74) is 5.41. The van der Waals surface area contributed by atoms with Crippen LogP contribution in [0.3, 0.4) is 0 Å². The summed E-state index contributed by atoms with van der Waals surface area (Å²) in [5, 5.41) is 19.6. The highest BCUT2D eigenvalue weighted by Gasteiger charge is 2.05. The molecule has 1 aromatic rings. The van der Waals surface area contributed by atoms with Gasteiger partial charge in [0.2, 0.25) is 0 Å². The van der Waals surface area contributed by atoms with E-state index in [9.17, 15) is 0 Å². The second kappa shape index (κ2) is 5.39. The molecule has 1 rings (SSSR count). The van der Waals surface area contributed by atoms with Gasteiger partial charge in [0.1, 0.15) is 11.6 Å². The maximum absolute atomic E-state index is 8.79. The Hall–Kier alpha value is -1.36. The molecule has 5 nitrogen and oxygen atoms in total. The standard InChI is InChI=1S/C9H16N4O/c1-2-7(5-6-14)11-9-4-3-8(10)12-13-9/h3-4,7,14H,2,5-6H2,1H3,(H2,10,12)(H,11,13). The number of aliphatic hydroxyl groups is 1. The van der Waals surface area contributed by atoms with Crippen molar-refractivity contribution in [3.05, 3.63) is 12.1 Å². The van der Waals surface area contributed by atoms with Crippen LogP contribution in [0.15, 0.2) is 12.1 Å². The van der Waals surface area contributed by atoms with Crippen LogP contribution in [0.5, 0.6) is 0 Å². The van der Waals surface area contributed by atoms with Crippen LogP contribution in [0, 0.1) is 0 Å². The van der Waals surface area contributed by atoms with Crippen molar-refractivity contribution in [3.8, 4) is 0 Å². The molecule has 5 heteroatoms. The lowest BCUT2D eigenvalue weighted by Gasteiger charge is -2.15. The van der Waals surface area contributed by atoms with E-state index in [1.165, 1.54) is 0 Å². The minimum Gasteiger partial charge on any atom is -0.396 e. The molecule has 0 aliphatic carbocycles. The summed E-state index contributed by atoms with van der Waals surface area (Å²) in [6.07, 6.45) is 1.65. The van der Waals surface area contributed by atoms with Crippen LogP contribution in [-0.2, 0) is 0 Å². The predicted octanol–water partition coefficient (Wildman–Crippen LogP) is 0.632. The summed E-state index contributed by atoms with van der Waals surface area (Å²) >= 11 is 0. The molecule has 78 valence electrons. The van der Waals surface area contributed by atoms with E-state index in [4.69, 9.17) is 10.8 Å². The van der Waals surface area contributed by atoms with Crippen LogP contribution in [-0.4, -0.2) is 28.0 Å². The number of rotatable bonds is 5. The zero-order valence-electron chi connectivity index (χ0n) is 8.27. The van der Waals surface area contributed by atoms with Crippen LogP contribution >= 0.6 is 0 Å². The lowest BCUT2D eigenvalue weighted by Crippen LogP contribution is -2.20. The van der Waals surface area contributed by atoms with E-state index in [1.54, 1.807) is 12.1 Å². The summed E-state index contributed by atoms with van der Waals surface area (Å²) in [6.45, 7) is 2.23. The maximum Gasteiger partial charge on any atom is 0.149 e. The Labute approximate surface area is 83.3 Å². The van der Waals surface area contributed by atoms with Gasteiger partial charge in [-0.15, -0.1) is 10.2 Å². The predicted molar refractivity (Wildman–Crippen MR) is 55.8 cm³/mol. The molecule has 4 N–H and O–H groups in total. The van der Waals surface area contributed by atoms with Crippen molar-refractivity contribution >= 4 is 11.6 Å². The molecule has 1 aromatic heterocycles. The minimum atomic E-state index is 0.175. The third-order valence-electron chi connectivity index (χ3n) is 2.01. The van der Waals surface area contributed by atoms with Gasteiger partial charge in [0.15, 0.2) is 0 Å². The average Bonchev–Trinajstić information content (AvgIpc) is 2.20. The highest BCUT2D eigenvalue weighted by molar-refractivity contribution is 5.39. The van der Waals surface area contributed by atoms with Crippen molar-refractivity contribution in [1.29, 1.82) is 0 Å². The molecule has 0 aromatic carbocycles. The van der Waals surface area contributed by atoms with Crippen molar-refractivity contribution in [3.63, 3.8) is 0 Å². The van der Waals surface area contributed by atoms with Gasteiger partial charge >= 0.3 is 0 Å². The van der Waals surface area contributed by atoms with Gasteiger partial charge in [-0.2, -0.15) is 0 Å². The zero-order chi connectivity index (χ0) is 10.4. The topological polar surface area (TPSA) is 84.1 Å². The summed E-state index contributed by atoms with van der Waals surface area (Å²) in [5.74, 6) is 1.10. The van der Waals surface area contributed by atoms with Gasteiger partial charge < -0.3 is 16.2 Å². The Morgan fingerprint density at radius 3 is 2.79 bits per heavy atom. The molecule has 0 aliphatic rings. The molecule has 0 saturated heterocycles. The number of hydrogen-bond donors (Lipinski definition) is 3. The SMILES string of the molecule is CCC(CCO)Nc1ccc(N)nn1. The maximum atomic E-state index is 8.79. The Kier molecular flexibility index (Phi) is 4.12. The highest BCUT2D eigenvalue weighted by atomic mass is 16.3. The summed E-state index contributed by atoms with van der Waals surface area (Å²) in [7, 11) is 0. The van der Waals surface area contributed by atoms with E-state index >= 15 is 0 Å². The molecule has 0 amide bonds. The molecule has 14 heavy (non-hydrogen) atoms. The smallest absolute Gasteiger partial charge is 0.149 e. The summed E-state index contributed by atoms with van der Waals surface area (Å²) < 4.78 is 0. The van der Waals surface area contributed by atoms with Crippen LogP contribution in [0.25, 0.3) is 0 Å². The van der Waals surface area contributed by atoms with E-state index in [1.807, 2.05) is 0 Å². The molecular formula is C9H16N4O. The van der Waals surface area contributed by atoms with Crippen LogP contribution in [0.2, 0.25) is 0 Å². The van der Waals surface area contributed by atoms with Crippen molar-refractivity contribution in [2.75, 3.05) is 17.7 Å². The van der Waals surface area contributed by atoms with Crippen LogP contribution in [0.1, 0.15) is 19.8 Å². The number of nitrogen functional groups attached to an aromatic ring is 1. The molecule has 0 radical (unpaired) electrons. The fraction of sp³-hybridized carbons (Fsp3) is 0.556. The third kappa shape index (κ3) is 3.18. The Morgan fingerprint density at radius 2 is 2.29 bits per heavy atom. The lowest BCUT2D eigenvalue weighted by atomic mass is 10.1. The molecule has 0 spiro atoms. The van der Waals surface area contributed by atoms with E-state index in [2.05, 4.69) is 22.4 Å². The van der Waals surface area contributed by atoms with E-state index in [0.717, 1.165) is 6.42 Å². The second-order valence-corrected chi connectivity index (χ2v) is 3.11. The summed E-state index contributed by atoms with van der Waals surface area (Å²) in [6, 6.07) is 3.71. The molecule has 1 unspecified atom stereocenters. The van der Waals surface area contributed by atoms with Crippen LogP contribution < -0.4 is 11.1 Å². The fourth-order valence-electron chi connectivity index (χ4n) is 1.16. The van der Waals surface area contributed by atoms with Gasteiger partial charge in [-0.25, -0.2) is 0 Å². The van der Waals surface area contributed by atoms with Crippen LogP contribution in [0.4, 0.5) is 11.6 Å². The fourth-order valence-corrected chi connectivity index (χ4v) is 1.16. The van der Waals surface area contributed by atoms with Gasteiger partial charge in [0, 0.05) is 12.6 Å². The molecule has 1 heterocycles. The van der Waals surface area contributed by atoms with Gasteiger partial charge in [-0.1, -0.05) is 6.92 Å². The number of aromatic nitrogens is 2. The van der Waals surface area contributed by atoms with Crippen molar-refractivity contribution in [1.82, 2.24) is 10.2 Å². The normalized spacial score (nSPS) is 12.4. The van der Waals surface area contributed by atoms with Gasteiger partial charge in [-0.3, -0.25) is 0 Å². The first-order valence-corrected chi connectivity index (χ1v) is 4.73. The Morgan fingerprint density at radius 1 is 1.50 bits per heavy atom. The third-order valence-corrected chi connectivity index (χ3v) is 2.01. The van der Waals surface area contributed by atoms with E-state index in [0.29, 0.717) is 18.1 Å². The number of nitrogens with one attached hydrogen (secondary N) is 1. The van der Waals surface area contributed by atoms with Crippen molar-refractivity contribution in [2.24, 2.45) is 0 Å². The molecule has 1 atom stereocenters. The van der Waals surface area contributed by atoms with Crippen molar-refractivity contribution in [2.45, 2.75) is 25.8 Å². The minimum absolute atomic E-state index is 0.175. The number of aliphatic hydroxyl groups excluding tert-OH is 1. The van der Waals surface area contributed by atoms with Crippen molar-refractivity contribution < 1.29 is 5.11 Å². The van der Waals surface area contributed by atoms with Gasteiger partial charge in [0.25, 0.3) is 0 Å². The molecule has 0 bridgehead atoms.